The number of benzene rings is 1. The van der Waals surface area contributed by atoms with Gasteiger partial charge >= 0.3 is 6.09 Å². The highest BCUT2D eigenvalue weighted by atomic mass is 32.2. The predicted octanol–water partition coefficient (Wildman–Crippen LogP) is 2.68. The van der Waals surface area contributed by atoms with E-state index in [4.69, 9.17) is 0 Å². The summed E-state index contributed by atoms with van der Waals surface area (Å²) in [5, 5.41) is 6.32. The molecule has 2 aromatic rings. The Kier molecular flexibility index (Phi) is 6.70. The highest BCUT2D eigenvalue weighted by Crippen LogP contribution is 2.25. The number of thiophene rings is 1. The number of hydrogen-bond donors (Lipinski definition) is 2. The molecule has 3 amide bonds. The van der Waals surface area contributed by atoms with Crippen molar-refractivity contribution in [1.29, 1.82) is 0 Å². The first-order valence-corrected chi connectivity index (χ1v) is 10.5. The number of rotatable bonds is 6. The van der Waals surface area contributed by atoms with E-state index in [0.29, 0.717) is 0 Å². The Morgan fingerprint density at radius 1 is 1.04 bits per heavy atom. The van der Waals surface area contributed by atoms with E-state index in [1.54, 1.807) is 18.4 Å². The zero-order valence-corrected chi connectivity index (χ0v) is 16.3. The molecule has 0 spiro atoms. The van der Waals surface area contributed by atoms with Crippen molar-refractivity contribution < 1.29 is 27.5 Å². The molecule has 0 fully saturated rings. The Hall–Kier alpha value is -2.72. The Labute approximate surface area is 160 Å². The molecule has 0 bridgehead atoms. The molecule has 1 aromatic heterocycles. The van der Waals surface area contributed by atoms with Crippen molar-refractivity contribution in [2.75, 3.05) is 17.7 Å². The Morgan fingerprint density at radius 2 is 1.74 bits per heavy atom. The number of hydrogen-bond acceptors (Lipinski definition) is 7. The van der Waals surface area contributed by atoms with Gasteiger partial charge in [0.2, 0.25) is 0 Å². The summed E-state index contributed by atoms with van der Waals surface area (Å²) < 4.78 is 29.0. The minimum absolute atomic E-state index is 0.0236. The summed E-state index contributed by atoms with van der Waals surface area (Å²) in [7, 11) is -3.60. The second-order valence-electron chi connectivity index (χ2n) is 5.19. The van der Waals surface area contributed by atoms with Crippen LogP contribution in [0.4, 0.5) is 9.80 Å². The molecule has 8 nitrogen and oxygen atoms in total. The van der Waals surface area contributed by atoms with Gasteiger partial charge in [0.05, 0.1) is 28.4 Å². The Balaban J connectivity index is 2.26. The fraction of sp³-hybridized carbons (Fsp3) is 0.235. The van der Waals surface area contributed by atoms with E-state index in [1.807, 2.05) is 5.32 Å². The maximum Gasteiger partial charge on any atom is 0.414 e. The Bertz CT molecular complexity index is 965. The lowest BCUT2D eigenvalue weighted by Gasteiger charge is -2.10. The van der Waals surface area contributed by atoms with Crippen molar-refractivity contribution in [2.24, 2.45) is 0 Å². The van der Waals surface area contributed by atoms with Gasteiger partial charge in [-0.1, -0.05) is 19.1 Å². The van der Waals surface area contributed by atoms with Gasteiger partial charge in [0.1, 0.15) is 5.00 Å². The molecule has 0 saturated carbocycles. The molecule has 0 atom stereocenters. The molecule has 0 aliphatic heterocycles. The summed E-state index contributed by atoms with van der Waals surface area (Å²) in [6.07, 6.45) is -0.898. The molecule has 144 valence electrons. The van der Waals surface area contributed by atoms with Crippen LogP contribution in [0.3, 0.4) is 0 Å². The normalized spacial score (nSPS) is 10.9. The standard InChI is InChI=1S/C17H18N2O6S2/c1-3-25-17(22)19-15(21)12-9-10-26-16(12)18-14(20)11-7-5-6-8-13(11)27(23,24)4-2/h5-10H,3-4H2,1-2H3,(H,18,20)(H,19,21,22). The van der Waals surface area contributed by atoms with Crippen molar-refractivity contribution in [3.8, 4) is 0 Å². The van der Waals surface area contributed by atoms with Gasteiger partial charge in [-0.2, -0.15) is 0 Å². The minimum Gasteiger partial charge on any atom is -0.450 e. The number of imide groups is 1. The van der Waals surface area contributed by atoms with Crippen LogP contribution in [-0.4, -0.2) is 38.7 Å². The lowest BCUT2D eigenvalue weighted by Crippen LogP contribution is -2.31. The van der Waals surface area contributed by atoms with E-state index < -0.39 is 27.7 Å². The summed E-state index contributed by atoms with van der Waals surface area (Å²) in [5.41, 5.74) is 0.0433. The van der Waals surface area contributed by atoms with Gasteiger partial charge < -0.3 is 10.1 Å². The molecule has 0 radical (unpaired) electrons. The maximum absolute atomic E-state index is 12.6. The molecule has 0 saturated heterocycles. The summed E-state index contributed by atoms with van der Waals surface area (Å²) in [4.78, 5) is 36.1. The molecule has 0 aliphatic rings. The number of carbonyl (C=O) groups is 3. The third-order valence-corrected chi connectivity index (χ3v) is 6.09. The first-order valence-electron chi connectivity index (χ1n) is 7.98. The molecule has 1 heterocycles. The summed E-state index contributed by atoms with van der Waals surface area (Å²) in [5.74, 6) is -1.56. The largest absolute Gasteiger partial charge is 0.450 e. The van der Waals surface area contributed by atoms with Crippen molar-refractivity contribution in [3.05, 3.63) is 46.8 Å². The smallest absolute Gasteiger partial charge is 0.414 e. The fourth-order valence-electron chi connectivity index (χ4n) is 2.16. The average Bonchev–Trinajstić information content (AvgIpc) is 3.10. The number of anilines is 1. The molecular formula is C17H18N2O6S2. The third kappa shape index (κ3) is 4.92. The van der Waals surface area contributed by atoms with Crippen LogP contribution in [0.2, 0.25) is 0 Å². The zero-order valence-electron chi connectivity index (χ0n) is 14.6. The lowest BCUT2D eigenvalue weighted by atomic mass is 10.2. The van der Waals surface area contributed by atoms with E-state index in [-0.39, 0.29) is 33.4 Å². The second kappa shape index (κ2) is 8.78. The van der Waals surface area contributed by atoms with Crippen LogP contribution in [0, 0.1) is 0 Å². The van der Waals surface area contributed by atoms with E-state index >= 15 is 0 Å². The van der Waals surface area contributed by atoms with E-state index in [2.05, 4.69) is 10.1 Å². The Morgan fingerprint density at radius 3 is 2.41 bits per heavy atom. The number of nitrogens with one attached hydrogen (secondary N) is 2. The second-order valence-corrected chi connectivity index (χ2v) is 8.35. The molecule has 1 aromatic carbocycles. The first kappa shape index (κ1) is 20.6. The van der Waals surface area contributed by atoms with Crippen LogP contribution in [0.15, 0.2) is 40.6 Å². The number of ether oxygens (including phenoxy) is 1. The number of alkyl carbamates (subject to hydrolysis) is 1. The zero-order chi connectivity index (χ0) is 20.0. The van der Waals surface area contributed by atoms with Crippen LogP contribution in [-0.2, 0) is 14.6 Å². The topological polar surface area (TPSA) is 119 Å². The van der Waals surface area contributed by atoms with Crippen LogP contribution in [0.1, 0.15) is 34.6 Å². The van der Waals surface area contributed by atoms with E-state index in [0.717, 1.165) is 11.3 Å². The number of carbonyl (C=O) groups excluding carboxylic acids is 3. The van der Waals surface area contributed by atoms with Crippen molar-refractivity contribution in [3.63, 3.8) is 0 Å². The van der Waals surface area contributed by atoms with Crippen molar-refractivity contribution >= 4 is 44.1 Å². The first-order chi connectivity index (χ1) is 12.8. The molecule has 0 aliphatic carbocycles. The highest BCUT2D eigenvalue weighted by molar-refractivity contribution is 7.91. The van der Waals surface area contributed by atoms with Gasteiger partial charge in [-0.15, -0.1) is 11.3 Å². The predicted molar refractivity (Wildman–Crippen MR) is 101 cm³/mol. The molecule has 2 rings (SSSR count). The van der Waals surface area contributed by atoms with Gasteiger partial charge in [-0.25, -0.2) is 13.2 Å². The summed E-state index contributed by atoms with van der Waals surface area (Å²) >= 11 is 1.07. The van der Waals surface area contributed by atoms with E-state index in [1.165, 1.54) is 31.2 Å². The SMILES string of the molecule is CCOC(=O)NC(=O)c1ccsc1NC(=O)c1ccccc1S(=O)(=O)CC. The lowest BCUT2D eigenvalue weighted by molar-refractivity contribution is 0.0926. The molecule has 0 unspecified atom stereocenters. The van der Waals surface area contributed by atoms with Crippen molar-refractivity contribution in [2.45, 2.75) is 18.7 Å². The molecular weight excluding hydrogens is 392 g/mol. The summed E-state index contributed by atoms with van der Waals surface area (Å²) in [6, 6.07) is 7.26. The van der Waals surface area contributed by atoms with Crippen LogP contribution < -0.4 is 10.6 Å². The maximum atomic E-state index is 12.6. The third-order valence-electron chi connectivity index (χ3n) is 3.47. The highest BCUT2D eigenvalue weighted by Gasteiger charge is 2.23. The van der Waals surface area contributed by atoms with Gasteiger partial charge in [0.25, 0.3) is 11.8 Å². The quantitative estimate of drug-likeness (QED) is 0.756. The molecule has 10 heteroatoms. The van der Waals surface area contributed by atoms with Gasteiger partial charge in [-0.3, -0.25) is 14.9 Å². The minimum atomic E-state index is -3.60. The fourth-order valence-corrected chi connectivity index (χ4v) is 4.04. The van der Waals surface area contributed by atoms with Crippen LogP contribution in [0.25, 0.3) is 0 Å². The van der Waals surface area contributed by atoms with Crippen LogP contribution in [0.5, 0.6) is 0 Å². The van der Waals surface area contributed by atoms with Crippen LogP contribution >= 0.6 is 11.3 Å². The molecule has 2 N–H and O–H groups in total. The van der Waals surface area contributed by atoms with Gasteiger partial charge in [0.15, 0.2) is 9.84 Å². The molecule has 27 heavy (non-hydrogen) atoms. The average molecular weight is 410 g/mol. The van der Waals surface area contributed by atoms with Gasteiger partial charge in [-0.05, 0) is 30.5 Å². The van der Waals surface area contributed by atoms with E-state index in [9.17, 15) is 22.8 Å². The van der Waals surface area contributed by atoms with Crippen molar-refractivity contribution in [1.82, 2.24) is 5.32 Å². The number of sulfone groups is 1. The van der Waals surface area contributed by atoms with Gasteiger partial charge in [0, 0.05) is 0 Å². The summed E-state index contributed by atoms with van der Waals surface area (Å²) in [6.45, 7) is 3.19. The number of amides is 3. The monoisotopic (exact) mass is 410 g/mol.